The number of anilines is 1. The third-order valence-electron chi connectivity index (χ3n) is 3.77. The summed E-state index contributed by atoms with van der Waals surface area (Å²) in [5.41, 5.74) is 2.67. The highest BCUT2D eigenvalue weighted by Crippen LogP contribution is 2.12. The summed E-state index contributed by atoms with van der Waals surface area (Å²) in [7, 11) is 0. The molecular weight excluding hydrogens is 338 g/mol. The molecule has 3 aromatic heterocycles. The summed E-state index contributed by atoms with van der Waals surface area (Å²) in [5, 5.41) is 24.0. The standard InChI is InChI=1S/C16H19N7O3/c1-3-21-7-12(11(2)19-21)8-23-9-13(6-17-23)18-16(26)14-4-5-22(20-14)10-15(24)25/h4-7,9H,3,8,10H2,1-2H3,(H,18,26)(H,24,25). The van der Waals surface area contributed by atoms with Crippen LogP contribution in [0.5, 0.6) is 0 Å². The van der Waals surface area contributed by atoms with Crippen LogP contribution in [-0.4, -0.2) is 46.3 Å². The fourth-order valence-corrected chi connectivity index (χ4v) is 2.47. The highest BCUT2D eigenvalue weighted by Gasteiger charge is 2.13. The number of nitrogens with one attached hydrogen (secondary N) is 1. The lowest BCUT2D eigenvalue weighted by Gasteiger charge is -2.00. The number of aryl methyl sites for hydroxylation is 2. The topological polar surface area (TPSA) is 120 Å². The normalized spacial score (nSPS) is 10.8. The van der Waals surface area contributed by atoms with Crippen molar-refractivity contribution in [3.05, 3.63) is 47.8 Å². The summed E-state index contributed by atoms with van der Waals surface area (Å²) in [5.74, 6) is -1.45. The maximum atomic E-state index is 12.2. The van der Waals surface area contributed by atoms with Crippen molar-refractivity contribution in [2.75, 3.05) is 5.32 Å². The Morgan fingerprint density at radius 2 is 2.00 bits per heavy atom. The van der Waals surface area contributed by atoms with E-state index in [0.29, 0.717) is 12.2 Å². The van der Waals surface area contributed by atoms with Crippen molar-refractivity contribution < 1.29 is 14.7 Å². The van der Waals surface area contributed by atoms with Crippen molar-refractivity contribution in [3.8, 4) is 0 Å². The Balaban J connectivity index is 1.64. The Hall–Kier alpha value is -3.43. The number of rotatable bonds is 7. The highest BCUT2D eigenvalue weighted by molar-refractivity contribution is 6.02. The molecule has 3 rings (SSSR count). The first-order chi connectivity index (χ1) is 12.4. The molecule has 0 aliphatic rings. The lowest BCUT2D eigenvalue weighted by atomic mass is 10.3. The largest absolute Gasteiger partial charge is 0.480 e. The van der Waals surface area contributed by atoms with Gasteiger partial charge in [0.15, 0.2) is 5.69 Å². The Bertz CT molecular complexity index is 937. The fraction of sp³-hybridized carbons (Fsp3) is 0.312. The van der Waals surface area contributed by atoms with Gasteiger partial charge in [0, 0.05) is 30.7 Å². The maximum absolute atomic E-state index is 12.2. The van der Waals surface area contributed by atoms with E-state index in [4.69, 9.17) is 5.11 Å². The van der Waals surface area contributed by atoms with E-state index in [0.717, 1.165) is 17.8 Å². The van der Waals surface area contributed by atoms with Crippen LogP contribution < -0.4 is 5.32 Å². The van der Waals surface area contributed by atoms with E-state index in [2.05, 4.69) is 20.6 Å². The number of hydrogen-bond donors (Lipinski definition) is 2. The van der Waals surface area contributed by atoms with Crippen molar-refractivity contribution in [2.45, 2.75) is 33.5 Å². The van der Waals surface area contributed by atoms with Crippen LogP contribution in [0.15, 0.2) is 30.9 Å². The van der Waals surface area contributed by atoms with E-state index < -0.39 is 11.9 Å². The van der Waals surface area contributed by atoms with Gasteiger partial charge < -0.3 is 10.4 Å². The minimum atomic E-state index is -1.02. The predicted molar refractivity (Wildman–Crippen MR) is 91.8 cm³/mol. The van der Waals surface area contributed by atoms with Gasteiger partial charge in [-0.2, -0.15) is 15.3 Å². The minimum Gasteiger partial charge on any atom is -0.480 e. The molecule has 0 atom stereocenters. The van der Waals surface area contributed by atoms with Crippen LogP contribution in [0.4, 0.5) is 5.69 Å². The van der Waals surface area contributed by atoms with Gasteiger partial charge >= 0.3 is 5.97 Å². The summed E-state index contributed by atoms with van der Waals surface area (Å²) in [4.78, 5) is 22.9. The number of nitrogens with zero attached hydrogens (tertiary/aromatic N) is 6. The van der Waals surface area contributed by atoms with Crippen LogP contribution in [0, 0.1) is 6.92 Å². The molecule has 0 aliphatic heterocycles. The molecular formula is C16H19N7O3. The van der Waals surface area contributed by atoms with Gasteiger partial charge in [0.1, 0.15) is 6.54 Å². The molecule has 0 spiro atoms. The maximum Gasteiger partial charge on any atom is 0.325 e. The third-order valence-corrected chi connectivity index (χ3v) is 3.77. The number of amides is 1. The van der Waals surface area contributed by atoms with Crippen LogP contribution >= 0.6 is 0 Å². The van der Waals surface area contributed by atoms with Gasteiger partial charge in [-0.05, 0) is 19.9 Å². The van der Waals surface area contributed by atoms with E-state index in [1.807, 2.05) is 24.7 Å². The summed E-state index contributed by atoms with van der Waals surface area (Å²) in [6, 6.07) is 1.46. The van der Waals surface area contributed by atoms with Gasteiger partial charge in [0.2, 0.25) is 0 Å². The number of carbonyl (C=O) groups excluding carboxylic acids is 1. The molecule has 136 valence electrons. The molecule has 0 fully saturated rings. The molecule has 10 heteroatoms. The Labute approximate surface area is 149 Å². The van der Waals surface area contributed by atoms with Crippen molar-refractivity contribution in [2.24, 2.45) is 0 Å². The van der Waals surface area contributed by atoms with Crippen LogP contribution in [0.2, 0.25) is 0 Å². The molecule has 0 unspecified atom stereocenters. The van der Waals surface area contributed by atoms with E-state index in [9.17, 15) is 9.59 Å². The smallest absolute Gasteiger partial charge is 0.325 e. The van der Waals surface area contributed by atoms with Crippen LogP contribution in [0.1, 0.15) is 28.7 Å². The van der Waals surface area contributed by atoms with Crippen molar-refractivity contribution in [3.63, 3.8) is 0 Å². The minimum absolute atomic E-state index is 0.138. The molecule has 0 aliphatic carbocycles. The number of hydrogen-bond acceptors (Lipinski definition) is 5. The van der Waals surface area contributed by atoms with Gasteiger partial charge in [0.05, 0.1) is 24.1 Å². The average molecular weight is 357 g/mol. The first-order valence-corrected chi connectivity index (χ1v) is 8.06. The zero-order valence-electron chi connectivity index (χ0n) is 14.5. The van der Waals surface area contributed by atoms with E-state index in [1.54, 1.807) is 17.1 Å². The highest BCUT2D eigenvalue weighted by atomic mass is 16.4. The molecule has 3 aromatic rings. The number of carbonyl (C=O) groups is 2. The first-order valence-electron chi connectivity index (χ1n) is 8.06. The lowest BCUT2D eigenvalue weighted by molar-refractivity contribution is -0.137. The molecule has 2 N–H and O–H groups in total. The van der Waals surface area contributed by atoms with E-state index >= 15 is 0 Å². The van der Waals surface area contributed by atoms with Gasteiger partial charge in [-0.3, -0.25) is 23.6 Å². The van der Waals surface area contributed by atoms with Gasteiger partial charge in [-0.15, -0.1) is 0 Å². The molecule has 0 aromatic carbocycles. The van der Waals surface area contributed by atoms with Crippen LogP contribution in [-0.2, 0) is 24.4 Å². The Morgan fingerprint density at radius 3 is 2.69 bits per heavy atom. The van der Waals surface area contributed by atoms with Gasteiger partial charge in [-0.25, -0.2) is 0 Å². The van der Waals surface area contributed by atoms with Gasteiger partial charge in [0.25, 0.3) is 5.91 Å². The monoisotopic (exact) mass is 357 g/mol. The second kappa shape index (κ2) is 7.21. The average Bonchev–Trinajstić information content (AvgIpc) is 3.29. The molecule has 0 bridgehead atoms. The molecule has 3 heterocycles. The van der Waals surface area contributed by atoms with Crippen molar-refractivity contribution in [1.29, 1.82) is 0 Å². The fourth-order valence-electron chi connectivity index (χ4n) is 2.47. The third kappa shape index (κ3) is 3.97. The summed E-state index contributed by atoms with van der Waals surface area (Å²) in [6.45, 7) is 5.03. The Morgan fingerprint density at radius 1 is 1.19 bits per heavy atom. The van der Waals surface area contributed by atoms with Crippen molar-refractivity contribution >= 4 is 17.6 Å². The zero-order valence-corrected chi connectivity index (χ0v) is 14.5. The quantitative estimate of drug-likeness (QED) is 0.651. The number of carboxylic acids is 1. The molecule has 26 heavy (non-hydrogen) atoms. The first kappa shape index (κ1) is 17.4. The summed E-state index contributed by atoms with van der Waals surface area (Å²) in [6.07, 6.45) is 6.69. The molecule has 0 radical (unpaired) electrons. The van der Waals surface area contributed by atoms with E-state index in [1.165, 1.54) is 16.9 Å². The summed E-state index contributed by atoms with van der Waals surface area (Å²) >= 11 is 0. The molecule has 10 nitrogen and oxygen atoms in total. The van der Waals surface area contributed by atoms with Gasteiger partial charge in [-0.1, -0.05) is 0 Å². The Kier molecular flexibility index (Phi) is 4.83. The SMILES string of the molecule is CCn1cc(Cn2cc(NC(=O)c3ccn(CC(=O)O)n3)cn2)c(C)n1. The van der Waals surface area contributed by atoms with Crippen LogP contribution in [0.25, 0.3) is 0 Å². The summed E-state index contributed by atoms with van der Waals surface area (Å²) < 4.78 is 4.77. The van der Waals surface area contributed by atoms with Crippen molar-refractivity contribution in [1.82, 2.24) is 29.3 Å². The van der Waals surface area contributed by atoms with Crippen LogP contribution in [0.3, 0.4) is 0 Å². The molecule has 0 saturated heterocycles. The lowest BCUT2D eigenvalue weighted by Crippen LogP contribution is -2.14. The zero-order chi connectivity index (χ0) is 18.7. The van der Waals surface area contributed by atoms with E-state index in [-0.39, 0.29) is 12.2 Å². The predicted octanol–water partition coefficient (Wildman–Crippen LogP) is 0.990. The second-order valence-electron chi connectivity index (χ2n) is 5.77. The number of aromatic nitrogens is 6. The number of aliphatic carboxylic acids is 1. The molecule has 1 amide bonds. The second-order valence-corrected chi connectivity index (χ2v) is 5.77. The molecule has 0 saturated carbocycles. The number of carboxylic acid groups (broad SMARTS) is 1.